The van der Waals surface area contributed by atoms with Crippen molar-refractivity contribution in [2.45, 2.75) is 45.1 Å². The molecule has 1 atom stereocenters. The third-order valence-corrected chi connectivity index (χ3v) is 3.47. The molecule has 1 aromatic rings. The van der Waals surface area contributed by atoms with E-state index in [-0.39, 0.29) is 0 Å². The van der Waals surface area contributed by atoms with E-state index >= 15 is 0 Å². The Kier molecular flexibility index (Phi) is 2.20. The van der Waals surface area contributed by atoms with Gasteiger partial charge >= 0.3 is 0 Å². The molecule has 0 spiro atoms. The van der Waals surface area contributed by atoms with Crippen molar-refractivity contribution in [1.29, 1.82) is 0 Å². The van der Waals surface area contributed by atoms with Gasteiger partial charge in [-0.1, -0.05) is 0 Å². The van der Waals surface area contributed by atoms with Gasteiger partial charge in [-0.15, -0.1) is 0 Å². The molecule has 3 rings (SSSR count). The Morgan fingerprint density at radius 2 is 2.13 bits per heavy atom. The van der Waals surface area contributed by atoms with E-state index in [1.54, 1.807) is 0 Å². The maximum atomic E-state index is 4.65. The summed E-state index contributed by atoms with van der Waals surface area (Å²) >= 11 is 0. The molecule has 1 aromatic heterocycles. The fraction of sp³-hybridized carbons (Fsp3) is 0.667. The number of hydrogen-bond acceptors (Lipinski definition) is 3. The van der Waals surface area contributed by atoms with Crippen LogP contribution in [0, 0.1) is 6.92 Å². The van der Waals surface area contributed by atoms with Gasteiger partial charge in [0.05, 0.1) is 5.69 Å². The predicted octanol–water partition coefficient (Wildman–Crippen LogP) is 1.70. The molecular weight excluding hydrogens is 186 g/mol. The standard InChI is InChI=1S/C12H17N3/c1-8-14-10-5-2-4-9(10)12(15-8)11-6-3-7-13-11/h11,13H,2-7H2,1H3/t11-/m0/s1. The highest BCUT2D eigenvalue weighted by atomic mass is 15.0. The quantitative estimate of drug-likeness (QED) is 0.755. The topological polar surface area (TPSA) is 37.8 Å². The Hall–Kier alpha value is -0.960. The van der Waals surface area contributed by atoms with Crippen molar-refractivity contribution < 1.29 is 0 Å². The summed E-state index contributed by atoms with van der Waals surface area (Å²) in [5.41, 5.74) is 4.05. The number of nitrogens with zero attached hydrogens (tertiary/aromatic N) is 2. The van der Waals surface area contributed by atoms with E-state index in [9.17, 15) is 0 Å². The zero-order chi connectivity index (χ0) is 10.3. The number of nitrogens with one attached hydrogen (secondary N) is 1. The van der Waals surface area contributed by atoms with Crippen molar-refractivity contribution in [1.82, 2.24) is 15.3 Å². The summed E-state index contributed by atoms with van der Waals surface area (Å²) in [6.45, 7) is 3.15. The highest BCUT2D eigenvalue weighted by Gasteiger charge is 2.25. The number of rotatable bonds is 1. The van der Waals surface area contributed by atoms with Crippen molar-refractivity contribution >= 4 is 0 Å². The lowest BCUT2D eigenvalue weighted by Crippen LogP contribution is -2.17. The first-order chi connectivity index (χ1) is 7.34. The largest absolute Gasteiger partial charge is 0.309 e. The third-order valence-electron chi connectivity index (χ3n) is 3.47. The zero-order valence-corrected chi connectivity index (χ0v) is 9.21. The van der Waals surface area contributed by atoms with Gasteiger partial charge < -0.3 is 5.32 Å². The second kappa shape index (κ2) is 3.56. The van der Waals surface area contributed by atoms with E-state index < -0.39 is 0 Å². The maximum Gasteiger partial charge on any atom is 0.125 e. The Bertz CT molecular complexity index is 381. The first kappa shape index (κ1) is 9.28. The van der Waals surface area contributed by atoms with Crippen LogP contribution in [0.2, 0.25) is 0 Å². The van der Waals surface area contributed by atoms with E-state index in [1.165, 1.54) is 42.6 Å². The second-order valence-electron chi connectivity index (χ2n) is 4.58. The fourth-order valence-corrected chi connectivity index (χ4v) is 2.80. The van der Waals surface area contributed by atoms with Crippen LogP contribution < -0.4 is 5.32 Å². The summed E-state index contributed by atoms with van der Waals surface area (Å²) in [5, 5.41) is 3.54. The molecule has 1 aliphatic carbocycles. The van der Waals surface area contributed by atoms with Crippen LogP contribution in [0.3, 0.4) is 0 Å². The summed E-state index contributed by atoms with van der Waals surface area (Å²) in [6.07, 6.45) is 6.11. The van der Waals surface area contributed by atoms with Crippen molar-refractivity contribution in [3.05, 3.63) is 22.8 Å². The molecule has 0 saturated carbocycles. The first-order valence-corrected chi connectivity index (χ1v) is 5.94. The van der Waals surface area contributed by atoms with Gasteiger partial charge in [-0.25, -0.2) is 9.97 Å². The molecule has 0 amide bonds. The Labute approximate surface area is 90.3 Å². The minimum Gasteiger partial charge on any atom is -0.309 e. The second-order valence-corrected chi connectivity index (χ2v) is 4.58. The maximum absolute atomic E-state index is 4.65. The van der Waals surface area contributed by atoms with Crippen LogP contribution in [0.25, 0.3) is 0 Å². The van der Waals surface area contributed by atoms with Gasteiger partial charge in [0, 0.05) is 11.7 Å². The molecule has 3 heteroatoms. The Morgan fingerprint density at radius 1 is 1.20 bits per heavy atom. The Balaban J connectivity index is 2.05. The lowest BCUT2D eigenvalue weighted by atomic mass is 10.0. The monoisotopic (exact) mass is 203 g/mol. The van der Waals surface area contributed by atoms with Crippen LogP contribution in [-0.4, -0.2) is 16.5 Å². The third kappa shape index (κ3) is 1.55. The molecule has 1 aliphatic heterocycles. The SMILES string of the molecule is Cc1nc2c(c([C@@H]3CCCN3)n1)CCC2. The molecule has 1 N–H and O–H groups in total. The fourth-order valence-electron chi connectivity index (χ4n) is 2.80. The van der Waals surface area contributed by atoms with E-state index in [0.29, 0.717) is 6.04 Å². The van der Waals surface area contributed by atoms with Crippen LogP contribution in [-0.2, 0) is 12.8 Å². The lowest BCUT2D eigenvalue weighted by Gasteiger charge is -2.14. The number of aromatic nitrogens is 2. The summed E-state index contributed by atoms with van der Waals surface area (Å²) < 4.78 is 0. The molecule has 1 fully saturated rings. The highest BCUT2D eigenvalue weighted by molar-refractivity contribution is 5.32. The van der Waals surface area contributed by atoms with Crippen LogP contribution in [0.4, 0.5) is 0 Å². The van der Waals surface area contributed by atoms with Crippen LogP contribution in [0.15, 0.2) is 0 Å². The highest BCUT2D eigenvalue weighted by Crippen LogP contribution is 2.30. The van der Waals surface area contributed by atoms with E-state index in [2.05, 4.69) is 15.3 Å². The number of aryl methyl sites for hydroxylation is 2. The van der Waals surface area contributed by atoms with Crippen LogP contribution in [0.5, 0.6) is 0 Å². The van der Waals surface area contributed by atoms with Crippen molar-refractivity contribution in [3.8, 4) is 0 Å². The van der Waals surface area contributed by atoms with Gasteiger partial charge in [0.2, 0.25) is 0 Å². The summed E-state index contributed by atoms with van der Waals surface area (Å²) in [5.74, 6) is 0.944. The lowest BCUT2D eigenvalue weighted by molar-refractivity contribution is 0.614. The molecule has 0 radical (unpaired) electrons. The molecule has 0 unspecified atom stereocenters. The molecule has 0 bridgehead atoms. The van der Waals surface area contributed by atoms with E-state index in [0.717, 1.165) is 18.8 Å². The van der Waals surface area contributed by atoms with Gasteiger partial charge in [-0.3, -0.25) is 0 Å². The van der Waals surface area contributed by atoms with Crippen LogP contribution in [0.1, 0.15) is 48.1 Å². The summed E-state index contributed by atoms with van der Waals surface area (Å²) in [6, 6.07) is 0.499. The smallest absolute Gasteiger partial charge is 0.125 e. The molecule has 2 aliphatic rings. The first-order valence-electron chi connectivity index (χ1n) is 5.94. The van der Waals surface area contributed by atoms with Crippen molar-refractivity contribution in [2.24, 2.45) is 0 Å². The zero-order valence-electron chi connectivity index (χ0n) is 9.21. The average molecular weight is 203 g/mol. The summed E-state index contributed by atoms with van der Waals surface area (Å²) in [4.78, 5) is 9.20. The van der Waals surface area contributed by atoms with Gasteiger partial charge in [-0.2, -0.15) is 0 Å². The Morgan fingerprint density at radius 3 is 2.93 bits per heavy atom. The molecule has 3 nitrogen and oxygen atoms in total. The van der Waals surface area contributed by atoms with E-state index in [1.807, 2.05) is 6.92 Å². The van der Waals surface area contributed by atoms with Crippen molar-refractivity contribution in [3.63, 3.8) is 0 Å². The predicted molar refractivity (Wildman–Crippen MR) is 58.8 cm³/mol. The molecule has 15 heavy (non-hydrogen) atoms. The van der Waals surface area contributed by atoms with Gasteiger partial charge in [-0.05, 0) is 51.1 Å². The molecule has 0 aromatic carbocycles. The molecule has 1 saturated heterocycles. The average Bonchev–Trinajstić information content (AvgIpc) is 2.86. The summed E-state index contributed by atoms with van der Waals surface area (Å²) in [7, 11) is 0. The molecule has 2 heterocycles. The molecular formula is C12H17N3. The van der Waals surface area contributed by atoms with Gasteiger partial charge in [0.1, 0.15) is 5.82 Å². The van der Waals surface area contributed by atoms with E-state index in [4.69, 9.17) is 0 Å². The van der Waals surface area contributed by atoms with Crippen molar-refractivity contribution in [2.75, 3.05) is 6.54 Å². The number of fused-ring (bicyclic) bond motifs is 1. The van der Waals surface area contributed by atoms with Gasteiger partial charge in [0.15, 0.2) is 0 Å². The minimum absolute atomic E-state index is 0.499. The van der Waals surface area contributed by atoms with Gasteiger partial charge in [0.25, 0.3) is 0 Å². The van der Waals surface area contributed by atoms with Crippen LogP contribution >= 0.6 is 0 Å². The molecule has 80 valence electrons. The minimum atomic E-state index is 0.499. The normalized spacial score (nSPS) is 24.5. The number of hydrogen-bond donors (Lipinski definition) is 1.